The van der Waals surface area contributed by atoms with Crippen LogP contribution in [0, 0.1) is 0 Å². The molecule has 196 valence electrons. The number of hydrogen-bond acceptors (Lipinski definition) is 5. The number of nitrogens with zero attached hydrogens (tertiary/aromatic N) is 4. The third kappa shape index (κ3) is 4.75. The highest BCUT2D eigenvalue weighted by Gasteiger charge is 2.25. The number of aromatic nitrogens is 3. The molecule has 0 bridgehead atoms. The largest absolute Gasteiger partial charge is 0.239 e. The van der Waals surface area contributed by atoms with Gasteiger partial charge in [0.25, 0.3) is 0 Å². The van der Waals surface area contributed by atoms with Crippen molar-refractivity contribution in [3.8, 4) is 34.2 Å². The topological polar surface area (TPSA) is 68.1 Å². The highest BCUT2D eigenvalue weighted by molar-refractivity contribution is 8.03. The Bertz CT molecular complexity index is 1970. The maximum absolute atomic E-state index is 14.8. The molecule has 0 radical (unpaired) electrons. The molecule has 0 fully saturated rings. The summed E-state index contributed by atoms with van der Waals surface area (Å²) in [6, 6.07) is 44.9. The zero-order valence-electron chi connectivity index (χ0n) is 22.0. The zero-order valence-corrected chi connectivity index (χ0v) is 22.8. The quantitative estimate of drug-likeness (QED) is 0.216. The summed E-state index contributed by atoms with van der Waals surface area (Å²) in [7, 11) is -2.94. The van der Waals surface area contributed by atoms with Crippen LogP contribution < -0.4 is 0 Å². The number of rotatable bonds is 5. The fraction of sp³-hybridized carbons (Fsp3) is 0. The summed E-state index contributed by atoms with van der Waals surface area (Å²) < 4.78 is 19.6. The van der Waals surface area contributed by atoms with Crippen molar-refractivity contribution in [2.45, 2.75) is 4.90 Å². The summed E-state index contributed by atoms with van der Waals surface area (Å²) in [5.41, 5.74) is 5.06. The molecule has 7 rings (SSSR count). The first-order valence-corrected chi connectivity index (χ1v) is 14.8. The van der Waals surface area contributed by atoms with Gasteiger partial charge < -0.3 is 0 Å². The molecular formula is C35H24N4OS. The van der Waals surface area contributed by atoms with E-state index in [1.807, 2.05) is 146 Å². The van der Waals surface area contributed by atoms with Crippen LogP contribution in [0.2, 0.25) is 0 Å². The van der Waals surface area contributed by atoms with E-state index in [1.165, 1.54) is 0 Å². The van der Waals surface area contributed by atoms with Crippen LogP contribution in [0.1, 0.15) is 11.1 Å². The average molecular weight is 549 g/mol. The molecule has 1 atom stereocenters. The Morgan fingerprint density at radius 1 is 0.463 bits per heavy atom. The molecular weight excluding hydrogens is 524 g/mol. The lowest BCUT2D eigenvalue weighted by Gasteiger charge is -2.20. The maximum Gasteiger partial charge on any atom is 0.164 e. The Hall–Kier alpha value is -5.20. The lowest BCUT2D eigenvalue weighted by Crippen LogP contribution is -2.07. The van der Waals surface area contributed by atoms with Gasteiger partial charge >= 0.3 is 0 Å². The Labute approximate surface area is 239 Å². The molecule has 1 aromatic heterocycles. The minimum atomic E-state index is -2.94. The molecule has 41 heavy (non-hydrogen) atoms. The van der Waals surface area contributed by atoms with Crippen LogP contribution in [0.4, 0.5) is 5.69 Å². The van der Waals surface area contributed by atoms with Gasteiger partial charge in [-0.1, -0.05) is 115 Å². The molecule has 0 saturated carbocycles. The van der Waals surface area contributed by atoms with Crippen LogP contribution in [0.5, 0.6) is 0 Å². The molecule has 2 heterocycles. The first kappa shape index (κ1) is 24.8. The van der Waals surface area contributed by atoms with E-state index in [0.29, 0.717) is 27.3 Å². The lowest BCUT2D eigenvalue weighted by atomic mass is 10.1. The molecule has 0 N–H and O–H groups in total. The molecule has 6 aromatic rings. The van der Waals surface area contributed by atoms with Crippen molar-refractivity contribution in [1.82, 2.24) is 15.0 Å². The summed E-state index contributed by atoms with van der Waals surface area (Å²) >= 11 is 0. The number of benzene rings is 5. The van der Waals surface area contributed by atoms with E-state index in [1.54, 1.807) is 0 Å². The minimum absolute atomic E-state index is 0.541. The van der Waals surface area contributed by atoms with Gasteiger partial charge in [-0.05, 0) is 35.9 Å². The van der Waals surface area contributed by atoms with E-state index in [0.717, 1.165) is 33.5 Å². The summed E-state index contributed by atoms with van der Waals surface area (Å²) in [4.78, 5) is 15.9. The summed E-state index contributed by atoms with van der Waals surface area (Å²) in [6.07, 6.45) is 2.00. The first-order chi connectivity index (χ1) is 20.2. The monoisotopic (exact) mass is 548 g/mol. The van der Waals surface area contributed by atoms with Crippen molar-refractivity contribution in [3.63, 3.8) is 0 Å². The Kier molecular flexibility index (Phi) is 6.30. The molecule has 0 saturated heterocycles. The van der Waals surface area contributed by atoms with Gasteiger partial charge in [0.15, 0.2) is 17.5 Å². The van der Waals surface area contributed by atoms with Crippen molar-refractivity contribution >= 4 is 26.4 Å². The van der Waals surface area contributed by atoms with Crippen molar-refractivity contribution in [1.29, 1.82) is 0 Å². The molecule has 1 unspecified atom stereocenters. The number of hydrogen-bond donors (Lipinski definition) is 0. The summed E-state index contributed by atoms with van der Waals surface area (Å²) in [5.74, 6) is 1.72. The first-order valence-electron chi connectivity index (χ1n) is 13.3. The van der Waals surface area contributed by atoms with Crippen LogP contribution in [0.15, 0.2) is 149 Å². The summed E-state index contributed by atoms with van der Waals surface area (Å²) in [5, 5.41) is 0. The smallest absolute Gasteiger partial charge is 0.164 e. The molecule has 1 aliphatic rings. The van der Waals surface area contributed by atoms with Gasteiger partial charge in [-0.25, -0.2) is 19.2 Å². The van der Waals surface area contributed by atoms with Crippen molar-refractivity contribution in [2.75, 3.05) is 0 Å². The lowest BCUT2D eigenvalue weighted by molar-refractivity contribution is 0.683. The van der Waals surface area contributed by atoms with Crippen LogP contribution in [0.3, 0.4) is 0 Å². The fourth-order valence-electron chi connectivity index (χ4n) is 4.88. The Morgan fingerprint density at radius 3 is 1.59 bits per heavy atom. The normalized spacial score (nSPS) is 15.9. The second kappa shape index (κ2) is 10.4. The second-order valence-corrected chi connectivity index (χ2v) is 11.8. The van der Waals surface area contributed by atoms with E-state index < -0.39 is 9.73 Å². The van der Waals surface area contributed by atoms with Crippen molar-refractivity contribution in [3.05, 3.63) is 151 Å². The predicted molar refractivity (Wildman–Crippen MR) is 165 cm³/mol. The van der Waals surface area contributed by atoms with Gasteiger partial charge in [-0.3, -0.25) is 0 Å². The number of fused-ring (bicyclic) bond motifs is 1. The molecule has 0 amide bonds. The zero-order chi connectivity index (χ0) is 27.6. The van der Waals surface area contributed by atoms with Gasteiger partial charge in [0.2, 0.25) is 0 Å². The minimum Gasteiger partial charge on any atom is -0.239 e. The van der Waals surface area contributed by atoms with Crippen molar-refractivity contribution < 1.29 is 4.21 Å². The summed E-state index contributed by atoms with van der Waals surface area (Å²) in [6.45, 7) is 0. The van der Waals surface area contributed by atoms with Gasteiger partial charge in [0.05, 0.1) is 15.5 Å². The van der Waals surface area contributed by atoms with E-state index >= 15 is 0 Å². The second-order valence-electron chi connectivity index (χ2n) is 9.62. The maximum atomic E-state index is 14.8. The molecule has 0 spiro atoms. The van der Waals surface area contributed by atoms with Gasteiger partial charge in [0, 0.05) is 22.3 Å². The molecule has 5 nitrogen and oxygen atoms in total. The van der Waals surface area contributed by atoms with Crippen LogP contribution in [0.25, 0.3) is 45.1 Å². The highest BCUT2D eigenvalue weighted by atomic mass is 32.2. The van der Waals surface area contributed by atoms with Crippen LogP contribution in [-0.2, 0) is 9.73 Å². The van der Waals surface area contributed by atoms with E-state index in [-0.39, 0.29) is 0 Å². The Balaban J connectivity index is 1.41. The molecule has 0 aliphatic carbocycles. The van der Waals surface area contributed by atoms with Crippen LogP contribution >= 0.6 is 0 Å². The van der Waals surface area contributed by atoms with Gasteiger partial charge in [-0.15, -0.1) is 0 Å². The fourth-order valence-corrected chi connectivity index (χ4v) is 7.04. The van der Waals surface area contributed by atoms with Crippen LogP contribution in [-0.4, -0.2) is 19.2 Å². The SMILES string of the molecule is O=S1(c2ccccc2)=Nc2ccccc2C=C1c1cccc(-c2nc(-c3ccccc3)nc(-c3ccccc3)n2)c1. The van der Waals surface area contributed by atoms with Crippen molar-refractivity contribution in [2.24, 2.45) is 4.36 Å². The highest BCUT2D eigenvalue weighted by Crippen LogP contribution is 2.41. The average Bonchev–Trinajstić information content (AvgIpc) is 3.05. The third-order valence-electron chi connectivity index (χ3n) is 6.92. The predicted octanol–water partition coefficient (Wildman–Crippen LogP) is 8.54. The van der Waals surface area contributed by atoms with Gasteiger partial charge in [-0.2, -0.15) is 4.36 Å². The third-order valence-corrected chi connectivity index (χ3v) is 9.23. The molecule has 1 aliphatic heterocycles. The Morgan fingerprint density at radius 2 is 0.951 bits per heavy atom. The molecule has 5 aromatic carbocycles. The standard InChI is InChI=1S/C35H24N4OS/c40-41(30-20-8-3-9-21-30)32(24-27-17-10-11-22-31(27)39-41)28-18-12-19-29(23-28)35-37-33(25-13-4-1-5-14-25)36-34(38-35)26-15-6-2-7-16-26/h1-24H. The van der Waals surface area contributed by atoms with Gasteiger partial charge in [0.1, 0.15) is 9.73 Å². The van der Waals surface area contributed by atoms with E-state index in [4.69, 9.17) is 19.3 Å². The molecule has 6 heteroatoms. The van der Waals surface area contributed by atoms with E-state index in [9.17, 15) is 4.21 Å². The van der Waals surface area contributed by atoms with E-state index in [2.05, 4.69) is 0 Å².